The number of fused-ring (bicyclic) bond motifs is 8. The molecule has 1 aliphatic carbocycles. The predicted molar refractivity (Wildman–Crippen MR) is 479 cm³/mol. The molecule has 600 valence electrons. The average molecular weight is 1590 g/mol. The quantitative estimate of drug-likeness (QED) is 0.0135. The van der Waals surface area contributed by atoms with E-state index in [1.54, 1.807) is 28.4 Å². The summed E-state index contributed by atoms with van der Waals surface area (Å²) in [5.41, 5.74) is 14.5. The maximum atomic E-state index is 7.36. The molecule has 16 nitrogen and oxygen atoms in total. The lowest BCUT2D eigenvalue weighted by molar-refractivity contribution is 0.317. The van der Waals surface area contributed by atoms with E-state index in [9.17, 15) is 0 Å². The second-order valence-electron chi connectivity index (χ2n) is 28.2. The largest absolute Gasteiger partial charge is 0.496 e. The van der Waals surface area contributed by atoms with Gasteiger partial charge in [-0.2, -0.15) is 0 Å². The molecule has 0 saturated carbocycles. The third kappa shape index (κ3) is 22.6. The molecule has 4 unspecified atom stereocenters. The molecular formula is C92H120N8O8S4. The second kappa shape index (κ2) is 45.6. The molecule has 0 radical (unpaired) electrons. The summed E-state index contributed by atoms with van der Waals surface area (Å²) >= 11 is 25.1. The highest BCUT2D eigenvalue weighted by Gasteiger charge is 2.40. The van der Waals surface area contributed by atoms with Crippen LogP contribution in [0, 0.1) is 0 Å². The van der Waals surface area contributed by atoms with E-state index in [4.69, 9.17) is 86.8 Å². The van der Waals surface area contributed by atoms with Crippen molar-refractivity contribution in [1.29, 1.82) is 0 Å². The minimum absolute atomic E-state index is 0.235. The first-order chi connectivity index (χ1) is 54.8. The van der Waals surface area contributed by atoms with Gasteiger partial charge >= 0.3 is 0 Å². The van der Waals surface area contributed by atoms with Crippen LogP contribution in [-0.2, 0) is 26.2 Å². The number of hydrogen-bond donors (Lipinski definition) is 8. The number of ether oxygens (including phenoxy) is 8. The molecule has 8 aromatic carbocycles. The second-order valence-corrected chi connectivity index (χ2v) is 29.8. The van der Waals surface area contributed by atoms with Crippen LogP contribution in [0.4, 0.5) is 22.7 Å². The number of methoxy groups -OCH3 is 4. The van der Waals surface area contributed by atoms with E-state index < -0.39 is 23.7 Å². The zero-order valence-electron chi connectivity index (χ0n) is 68.0. The number of unbranched alkanes of at least 4 members (excludes halogenated alkanes) is 8. The normalized spacial score (nSPS) is 14.2. The lowest BCUT2D eigenvalue weighted by Gasteiger charge is -2.35. The Labute approximate surface area is 689 Å². The van der Waals surface area contributed by atoms with Crippen molar-refractivity contribution < 1.29 is 37.9 Å². The van der Waals surface area contributed by atoms with Crippen LogP contribution in [0.15, 0.2) is 146 Å². The van der Waals surface area contributed by atoms with E-state index >= 15 is 0 Å². The number of rotatable bonds is 40. The summed E-state index contributed by atoms with van der Waals surface area (Å²) in [4.78, 5) is 0. The smallest absolute Gasteiger partial charge is 0.171 e. The van der Waals surface area contributed by atoms with Crippen LogP contribution in [0.1, 0.15) is 249 Å². The van der Waals surface area contributed by atoms with E-state index in [1.807, 2.05) is 121 Å². The number of anilines is 4. The molecule has 0 amide bonds. The number of benzene rings is 8. The minimum Gasteiger partial charge on any atom is -0.496 e. The van der Waals surface area contributed by atoms with Crippen molar-refractivity contribution in [2.24, 2.45) is 0 Å². The first-order valence-corrected chi connectivity index (χ1v) is 42.2. The first kappa shape index (κ1) is 86.9. The van der Waals surface area contributed by atoms with Gasteiger partial charge in [0.1, 0.15) is 46.0 Å². The lowest BCUT2D eigenvalue weighted by Crippen LogP contribution is -2.29. The summed E-state index contributed by atoms with van der Waals surface area (Å²) in [5.74, 6) is 3.97. The van der Waals surface area contributed by atoms with Gasteiger partial charge in [-0.1, -0.05) is 178 Å². The van der Waals surface area contributed by atoms with Gasteiger partial charge in [-0.3, -0.25) is 0 Å². The zero-order chi connectivity index (χ0) is 79.7. The third-order valence-corrected chi connectivity index (χ3v) is 21.7. The third-order valence-electron chi connectivity index (χ3n) is 20.7. The monoisotopic (exact) mass is 1590 g/mol. The van der Waals surface area contributed by atoms with Gasteiger partial charge in [-0.05, 0) is 175 Å². The van der Waals surface area contributed by atoms with E-state index in [2.05, 4.69) is 122 Å². The SMILES string of the molecule is CCCCCC1c2cc(c(OCC)c(CNC(=S)Nc3ccccc3)c2OC)C(CCCCC)c2cc(c(OCC)c(CNC(=S)Nc3ccccc3)c2OC)C(CCCCC)c2cc(c(OCC)c(CNC(=S)Nc3ccccc3)c2OC)C(CCCCC)c2cc1c(OCC)c(CNC(=S)Nc1ccccc1)c2OC. The van der Waals surface area contributed by atoms with Crippen molar-refractivity contribution in [3.63, 3.8) is 0 Å². The van der Waals surface area contributed by atoms with Gasteiger partial charge in [0.2, 0.25) is 0 Å². The Kier molecular flexibility index (Phi) is 35.4. The Morgan fingerprint density at radius 3 is 0.625 bits per heavy atom. The average Bonchev–Trinajstić information content (AvgIpc) is 0.736. The fraction of sp³-hybridized carbons (Fsp3) is 0.435. The molecule has 0 fully saturated rings. The van der Waals surface area contributed by atoms with Crippen LogP contribution in [0.3, 0.4) is 0 Å². The van der Waals surface area contributed by atoms with Gasteiger partial charge in [-0.25, -0.2) is 0 Å². The molecule has 20 heteroatoms. The molecule has 4 atom stereocenters. The molecule has 8 aromatic rings. The fourth-order valence-corrected chi connectivity index (χ4v) is 16.5. The van der Waals surface area contributed by atoms with Gasteiger partial charge in [0.15, 0.2) is 20.4 Å². The van der Waals surface area contributed by atoms with Crippen molar-refractivity contribution in [2.75, 3.05) is 76.1 Å². The Hall–Kier alpha value is -9.08. The predicted octanol–water partition coefficient (Wildman–Crippen LogP) is 22.4. The summed E-state index contributed by atoms with van der Waals surface area (Å²) in [6, 6.07) is 49.7. The van der Waals surface area contributed by atoms with Crippen molar-refractivity contribution in [3.05, 3.63) is 212 Å². The summed E-state index contributed by atoms with van der Waals surface area (Å²) in [6.45, 7) is 19.6. The zero-order valence-corrected chi connectivity index (χ0v) is 71.3. The van der Waals surface area contributed by atoms with Gasteiger partial charge in [0, 0.05) is 117 Å². The van der Waals surface area contributed by atoms with Crippen LogP contribution < -0.4 is 80.4 Å². The molecular weight excluding hydrogens is 1470 g/mol. The molecule has 8 bridgehead atoms. The fourth-order valence-electron chi connectivity index (χ4n) is 15.7. The molecule has 8 N–H and O–H groups in total. The molecule has 9 rings (SSSR count). The molecule has 1 aliphatic rings. The minimum atomic E-state index is -0.391. The number of thiocarbonyl (C=S) groups is 4. The first-order valence-electron chi connectivity index (χ1n) is 40.6. The van der Waals surface area contributed by atoms with Crippen LogP contribution in [0.2, 0.25) is 0 Å². The Morgan fingerprint density at radius 2 is 0.455 bits per heavy atom. The van der Waals surface area contributed by atoms with Crippen molar-refractivity contribution >= 4 is 92.1 Å². The van der Waals surface area contributed by atoms with E-state index in [-0.39, 0.29) is 26.2 Å². The highest BCUT2D eigenvalue weighted by atomic mass is 32.1. The molecule has 0 heterocycles. The van der Waals surface area contributed by atoms with E-state index in [1.165, 1.54) is 0 Å². The Balaban J connectivity index is 1.54. The number of nitrogens with one attached hydrogen (secondary N) is 8. The van der Waals surface area contributed by atoms with E-state index in [0.717, 1.165) is 167 Å². The molecule has 0 aliphatic heterocycles. The highest BCUT2D eigenvalue weighted by Crippen LogP contribution is 2.57. The standard InChI is InChI=1S/C92H120N8O8S4/c1-13-21-29-49-65-69-53-74(86(106-18-6)77(81(69)101-9)57-93-89(109)97-61-41-33-25-34-42-61)67(51-31-23-15-3)71-55-76(88(108-20-8)79(83(71)103-11)59-95-91(111)99-63-45-37-27-38-46-63)68(52-32-24-16-4)72-56-75(87(107-19-7)80(84(72)104-12)60-96-92(112)100-64-47-39-28-40-48-64)66(50-30-22-14-2)70-54-73(65)85(105-17-5)78(82(70)102-10)58-94-90(110)98-62-43-35-26-36-44-62/h25-28,33-48,53-56,65-68H,13-24,29-32,49-52,57-60H2,1-12H3,(H2,93,97,109)(H2,94,98,110)(H2,95,99,111)(H2,96,100,112). The topological polar surface area (TPSA) is 170 Å². The van der Waals surface area contributed by atoms with Gasteiger partial charge in [-0.15, -0.1) is 0 Å². The maximum Gasteiger partial charge on any atom is 0.171 e. The number of hydrogen-bond acceptors (Lipinski definition) is 12. The van der Waals surface area contributed by atoms with Crippen molar-refractivity contribution in [2.45, 2.75) is 208 Å². The molecule has 0 aromatic heterocycles. The van der Waals surface area contributed by atoms with E-state index in [0.29, 0.717) is 119 Å². The highest BCUT2D eigenvalue weighted by molar-refractivity contribution is 7.81. The Morgan fingerprint density at radius 1 is 0.268 bits per heavy atom. The van der Waals surface area contributed by atoms with Crippen LogP contribution in [0.5, 0.6) is 46.0 Å². The van der Waals surface area contributed by atoms with Crippen LogP contribution in [0.25, 0.3) is 0 Å². The van der Waals surface area contributed by atoms with Gasteiger partial charge in [0.05, 0.1) is 77.1 Å². The molecule has 0 saturated heterocycles. The van der Waals surface area contributed by atoms with Gasteiger partial charge < -0.3 is 80.4 Å². The summed E-state index contributed by atoms with van der Waals surface area (Å²) in [7, 11) is 7.16. The lowest BCUT2D eigenvalue weighted by atomic mass is 9.74. The number of para-hydroxylation sites is 4. The molecule has 0 spiro atoms. The Bertz CT molecular complexity index is 3780. The van der Waals surface area contributed by atoms with Crippen LogP contribution in [-0.4, -0.2) is 75.3 Å². The maximum absolute atomic E-state index is 7.36. The van der Waals surface area contributed by atoms with Gasteiger partial charge in [0.25, 0.3) is 0 Å². The summed E-state index contributed by atoms with van der Waals surface area (Å²) in [5, 5.41) is 30.5. The summed E-state index contributed by atoms with van der Waals surface area (Å²) in [6.07, 6.45) is 14.1. The summed E-state index contributed by atoms with van der Waals surface area (Å²) < 4.78 is 58.0. The molecule has 112 heavy (non-hydrogen) atoms. The van der Waals surface area contributed by atoms with Crippen LogP contribution >= 0.6 is 48.9 Å². The van der Waals surface area contributed by atoms with Crippen molar-refractivity contribution in [3.8, 4) is 46.0 Å². The van der Waals surface area contributed by atoms with Crippen molar-refractivity contribution in [1.82, 2.24) is 21.3 Å².